The van der Waals surface area contributed by atoms with Gasteiger partial charge in [-0.3, -0.25) is 0 Å². The van der Waals surface area contributed by atoms with E-state index in [1.165, 1.54) is 5.57 Å². The van der Waals surface area contributed by atoms with Crippen molar-refractivity contribution in [3.8, 4) is 0 Å². The molecule has 1 nitrogen and oxygen atoms in total. The minimum absolute atomic E-state index is 0.597. The molecule has 1 aliphatic rings. The van der Waals surface area contributed by atoms with Gasteiger partial charge in [-0.05, 0) is 25.7 Å². The van der Waals surface area contributed by atoms with Crippen LogP contribution in [0.4, 0.5) is 0 Å². The first kappa shape index (κ1) is 8.32. The van der Waals surface area contributed by atoms with Gasteiger partial charge in [0.2, 0.25) is 0 Å². The number of hydrogen-bond donors (Lipinski definition) is 0. The molecule has 0 saturated carbocycles. The van der Waals surface area contributed by atoms with Crippen LogP contribution in [0.3, 0.4) is 0 Å². The second kappa shape index (κ2) is 3.56. The van der Waals surface area contributed by atoms with E-state index in [1.54, 1.807) is 0 Å². The highest BCUT2D eigenvalue weighted by Gasteiger charge is 2.07. The van der Waals surface area contributed by atoms with Crippen LogP contribution in [0.2, 0.25) is 0 Å². The molecule has 0 aliphatic heterocycles. The van der Waals surface area contributed by atoms with E-state index in [0.717, 1.165) is 6.54 Å². The molecular formula is C10H15N. The van der Waals surface area contributed by atoms with Gasteiger partial charge < -0.3 is 4.90 Å². The van der Waals surface area contributed by atoms with Crippen LogP contribution >= 0.6 is 0 Å². The van der Waals surface area contributed by atoms with Gasteiger partial charge >= 0.3 is 0 Å². The highest BCUT2D eigenvalue weighted by Crippen LogP contribution is 2.14. The van der Waals surface area contributed by atoms with Crippen molar-refractivity contribution in [2.24, 2.45) is 5.92 Å². The summed E-state index contributed by atoms with van der Waals surface area (Å²) in [6, 6.07) is 0. The lowest BCUT2D eigenvalue weighted by molar-refractivity contribution is 0.366. The highest BCUT2D eigenvalue weighted by atomic mass is 15.1. The SMILES string of the molecule is C[C@H](CN(C)C)C1=C=CC=C1. The summed E-state index contributed by atoms with van der Waals surface area (Å²) in [6.45, 7) is 3.33. The predicted octanol–water partition coefficient (Wildman–Crippen LogP) is 1.84. The molecule has 0 N–H and O–H groups in total. The molecule has 0 fully saturated rings. The van der Waals surface area contributed by atoms with Crippen LogP contribution in [0.25, 0.3) is 0 Å². The number of nitrogens with zero attached hydrogens (tertiary/aromatic N) is 1. The highest BCUT2D eigenvalue weighted by molar-refractivity contribution is 5.30. The van der Waals surface area contributed by atoms with E-state index < -0.39 is 0 Å². The van der Waals surface area contributed by atoms with E-state index in [9.17, 15) is 0 Å². The minimum atomic E-state index is 0.597. The Hall–Kier alpha value is -0.780. The van der Waals surface area contributed by atoms with Gasteiger partial charge in [-0.25, -0.2) is 0 Å². The third-order valence-corrected chi connectivity index (χ3v) is 1.79. The van der Waals surface area contributed by atoms with E-state index >= 15 is 0 Å². The summed E-state index contributed by atoms with van der Waals surface area (Å²) in [7, 11) is 4.19. The number of rotatable bonds is 3. The van der Waals surface area contributed by atoms with Crippen molar-refractivity contribution in [1.82, 2.24) is 4.90 Å². The zero-order valence-corrected chi connectivity index (χ0v) is 7.46. The molecule has 1 rings (SSSR count). The number of hydrogen-bond acceptors (Lipinski definition) is 1. The first-order chi connectivity index (χ1) is 5.20. The molecule has 0 saturated heterocycles. The third-order valence-electron chi connectivity index (χ3n) is 1.79. The van der Waals surface area contributed by atoms with E-state index in [-0.39, 0.29) is 0 Å². The lowest BCUT2D eigenvalue weighted by atomic mass is 10.0. The van der Waals surface area contributed by atoms with Crippen molar-refractivity contribution in [2.75, 3.05) is 20.6 Å². The first-order valence-corrected chi connectivity index (χ1v) is 3.98. The standard InChI is InChI=1S/C10H15N/c1-9(8-11(2)3)10-6-4-5-7-10/h4-6,9H,8H2,1-3H3/t9-/m1/s1. The first-order valence-electron chi connectivity index (χ1n) is 3.98. The molecule has 1 heteroatoms. The Labute approximate surface area is 68.7 Å². The minimum Gasteiger partial charge on any atom is -0.309 e. The third kappa shape index (κ3) is 2.38. The summed E-state index contributed by atoms with van der Waals surface area (Å²) < 4.78 is 0. The van der Waals surface area contributed by atoms with Gasteiger partial charge in [-0.2, -0.15) is 0 Å². The second-order valence-corrected chi connectivity index (χ2v) is 3.29. The van der Waals surface area contributed by atoms with Crippen LogP contribution < -0.4 is 0 Å². The molecule has 0 amide bonds. The van der Waals surface area contributed by atoms with Gasteiger partial charge in [-0.15, -0.1) is 5.73 Å². The molecule has 0 aromatic rings. The zero-order valence-electron chi connectivity index (χ0n) is 7.46. The van der Waals surface area contributed by atoms with Crippen LogP contribution in [-0.4, -0.2) is 25.5 Å². The molecular weight excluding hydrogens is 134 g/mol. The molecule has 11 heavy (non-hydrogen) atoms. The average molecular weight is 149 g/mol. The van der Waals surface area contributed by atoms with Gasteiger partial charge in [0.05, 0.1) is 0 Å². The predicted molar refractivity (Wildman–Crippen MR) is 48.5 cm³/mol. The lowest BCUT2D eigenvalue weighted by Gasteiger charge is -2.15. The quantitative estimate of drug-likeness (QED) is 0.553. The maximum Gasteiger partial charge on any atom is 0.00476 e. The van der Waals surface area contributed by atoms with Gasteiger partial charge in [0.15, 0.2) is 0 Å². The van der Waals surface area contributed by atoms with Crippen LogP contribution in [0.15, 0.2) is 29.5 Å². The van der Waals surface area contributed by atoms with E-state index in [1.807, 2.05) is 12.2 Å². The zero-order chi connectivity index (χ0) is 8.27. The summed E-state index contributed by atoms with van der Waals surface area (Å²) in [5.41, 5.74) is 4.53. The monoisotopic (exact) mass is 149 g/mol. The van der Waals surface area contributed by atoms with E-state index in [0.29, 0.717) is 5.92 Å². The van der Waals surface area contributed by atoms with Gasteiger partial charge in [-0.1, -0.05) is 19.1 Å². The average Bonchev–Trinajstić information content (AvgIpc) is 2.35. The molecule has 60 valence electrons. The van der Waals surface area contributed by atoms with Crippen molar-refractivity contribution < 1.29 is 0 Å². The Morgan fingerprint density at radius 1 is 1.55 bits per heavy atom. The Bertz CT molecular complexity index is 217. The Balaban J connectivity index is 2.48. The topological polar surface area (TPSA) is 3.24 Å². The Morgan fingerprint density at radius 2 is 2.27 bits per heavy atom. The Morgan fingerprint density at radius 3 is 2.73 bits per heavy atom. The van der Waals surface area contributed by atoms with Crippen molar-refractivity contribution in [2.45, 2.75) is 6.92 Å². The summed E-state index contributed by atoms with van der Waals surface area (Å²) in [6.07, 6.45) is 6.15. The second-order valence-electron chi connectivity index (χ2n) is 3.29. The smallest absolute Gasteiger partial charge is 0.00476 e. The summed E-state index contributed by atoms with van der Waals surface area (Å²) in [5.74, 6) is 0.597. The van der Waals surface area contributed by atoms with Crippen LogP contribution in [-0.2, 0) is 0 Å². The molecule has 0 unspecified atom stereocenters. The number of allylic oxidation sites excluding steroid dienone is 2. The molecule has 0 aromatic carbocycles. The largest absolute Gasteiger partial charge is 0.309 e. The molecule has 0 bridgehead atoms. The van der Waals surface area contributed by atoms with Gasteiger partial charge in [0, 0.05) is 12.5 Å². The van der Waals surface area contributed by atoms with Gasteiger partial charge in [0.25, 0.3) is 0 Å². The fourth-order valence-electron chi connectivity index (χ4n) is 1.30. The molecule has 1 atom stereocenters. The molecule has 0 spiro atoms. The molecule has 1 aliphatic carbocycles. The van der Waals surface area contributed by atoms with E-state index in [2.05, 4.69) is 37.7 Å². The molecule has 0 aromatic heterocycles. The maximum absolute atomic E-state index is 3.22. The van der Waals surface area contributed by atoms with Crippen molar-refractivity contribution >= 4 is 0 Å². The molecule has 0 radical (unpaired) electrons. The van der Waals surface area contributed by atoms with Crippen LogP contribution in [0, 0.1) is 5.92 Å². The van der Waals surface area contributed by atoms with Crippen molar-refractivity contribution in [3.63, 3.8) is 0 Å². The van der Waals surface area contributed by atoms with Crippen molar-refractivity contribution in [3.05, 3.63) is 29.5 Å². The van der Waals surface area contributed by atoms with E-state index in [4.69, 9.17) is 0 Å². The normalized spacial score (nSPS) is 17.6. The fourth-order valence-corrected chi connectivity index (χ4v) is 1.30. The summed E-state index contributed by atoms with van der Waals surface area (Å²) >= 11 is 0. The van der Waals surface area contributed by atoms with Crippen molar-refractivity contribution in [1.29, 1.82) is 0 Å². The Kier molecular flexibility index (Phi) is 2.70. The van der Waals surface area contributed by atoms with Crippen LogP contribution in [0.5, 0.6) is 0 Å². The van der Waals surface area contributed by atoms with Gasteiger partial charge in [0.1, 0.15) is 0 Å². The maximum atomic E-state index is 3.22. The summed E-state index contributed by atoms with van der Waals surface area (Å²) in [4.78, 5) is 2.20. The van der Waals surface area contributed by atoms with Crippen LogP contribution in [0.1, 0.15) is 6.92 Å². The fraction of sp³-hybridized carbons (Fsp3) is 0.500. The summed E-state index contributed by atoms with van der Waals surface area (Å²) in [5, 5.41) is 0. The molecule has 0 heterocycles. The lowest BCUT2D eigenvalue weighted by Crippen LogP contribution is -2.20.